The molecule has 1 atom stereocenters. The molecule has 236 valence electrons. The molecule has 0 saturated heterocycles. The largest absolute Gasteiger partial charge is 0.465 e. The van der Waals surface area contributed by atoms with E-state index in [4.69, 9.17) is 0 Å². The zero-order valence-corrected chi connectivity index (χ0v) is 27.6. The Kier molecular flexibility index (Phi) is 9.86. The van der Waals surface area contributed by atoms with Crippen molar-refractivity contribution in [2.24, 2.45) is 0 Å². The monoisotopic (exact) mass is 639 g/mol. The van der Waals surface area contributed by atoms with Crippen LogP contribution >= 0.6 is 11.3 Å². The number of urea groups is 1. The number of carboxylic acid groups (broad SMARTS) is 1. The molecule has 4 N–H and O–H groups in total. The molecule has 10 nitrogen and oxygen atoms in total. The lowest BCUT2D eigenvalue weighted by molar-refractivity contribution is 0.0673. The Labute approximate surface area is 263 Å². The van der Waals surface area contributed by atoms with Crippen LogP contribution in [0.3, 0.4) is 0 Å². The molecule has 1 aromatic heterocycles. The van der Waals surface area contributed by atoms with Gasteiger partial charge in [0.25, 0.3) is 0 Å². The summed E-state index contributed by atoms with van der Waals surface area (Å²) in [5.41, 5.74) is 1.52. The fourth-order valence-electron chi connectivity index (χ4n) is 5.22. The second-order valence-electron chi connectivity index (χ2n) is 12.9. The standard InChI is InChI=1S/C32H41N5O5S2/c1-31(2,3)36-44(41,42)27-18-23(35-29(38)34-19-21-10-8-7-9-11-21)14-17-25(27)26-20-33-28(43-26)22-12-15-24(16-13-22)37(30(39)40)32(4,5)6/h7-12,14,17-18,20,24,36H,13,15-16,19H2,1-6H3,(H,39,40)(H2,34,35,38). The maximum Gasteiger partial charge on any atom is 0.407 e. The Morgan fingerprint density at radius 1 is 1.07 bits per heavy atom. The molecule has 1 heterocycles. The third kappa shape index (κ3) is 8.46. The van der Waals surface area contributed by atoms with Gasteiger partial charge in [0.05, 0.1) is 9.77 Å². The second kappa shape index (κ2) is 13.1. The van der Waals surface area contributed by atoms with E-state index in [1.165, 1.54) is 22.3 Å². The Morgan fingerprint density at radius 3 is 2.36 bits per heavy atom. The van der Waals surface area contributed by atoms with Gasteiger partial charge in [-0.3, -0.25) is 0 Å². The summed E-state index contributed by atoms with van der Waals surface area (Å²) in [4.78, 5) is 31.4. The number of sulfonamides is 1. The average molecular weight is 640 g/mol. The highest BCUT2D eigenvalue weighted by atomic mass is 32.2. The molecule has 1 unspecified atom stereocenters. The van der Waals surface area contributed by atoms with E-state index >= 15 is 0 Å². The molecule has 1 aliphatic rings. The number of aromatic nitrogens is 1. The number of nitrogens with zero attached hydrogens (tertiary/aromatic N) is 2. The molecule has 0 aliphatic heterocycles. The van der Waals surface area contributed by atoms with Crippen LogP contribution in [0.1, 0.15) is 71.4 Å². The molecular formula is C32H41N5O5S2. The Morgan fingerprint density at radius 2 is 1.77 bits per heavy atom. The molecule has 0 fully saturated rings. The number of nitrogens with one attached hydrogen (secondary N) is 3. The van der Waals surface area contributed by atoms with Crippen LogP contribution in [0, 0.1) is 0 Å². The molecule has 4 rings (SSSR count). The van der Waals surface area contributed by atoms with Gasteiger partial charge in [-0.25, -0.2) is 27.7 Å². The van der Waals surface area contributed by atoms with Gasteiger partial charge in [0, 0.05) is 41.1 Å². The average Bonchev–Trinajstić information content (AvgIpc) is 3.41. The maximum atomic E-state index is 13.6. The van der Waals surface area contributed by atoms with Crippen LogP contribution < -0.4 is 15.4 Å². The van der Waals surface area contributed by atoms with E-state index in [-0.39, 0.29) is 10.9 Å². The van der Waals surface area contributed by atoms with Gasteiger partial charge in [0.15, 0.2) is 0 Å². The molecule has 1 aliphatic carbocycles. The minimum absolute atomic E-state index is 0.0310. The highest BCUT2D eigenvalue weighted by Crippen LogP contribution is 2.39. The van der Waals surface area contributed by atoms with Crippen LogP contribution in [-0.2, 0) is 16.6 Å². The maximum absolute atomic E-state index is 13.6. The lowest BCUT2D eigenvalue weighted by Crippen LogP contribution is -2.51. The van der Waals surface area contributed by atoms with E-state index in [1.54, 1.807) is 39.1 Å². The first-order valence-electron chi connectivity index (χ1n) is 14.5. The van der Waals surface area contributed by atoms with Crippen molar-refractivity contribution < 1.29 is 23.1 Å². The highest BCUT2D eigenvalue weighted by molar-refractivity contribution is 7.89. The number of thiazole rings is 1. The summed E-state index contributed by atoms with van der Waals surface area (Å²) in [6.07, 6.45) is 4.69. The van der Waals surface area contributed by atoms with E-state index in [2.05, 4.69) is 20.3 Å². The van der Waals surface area contributed by atoms with Gasteiger partial charge in [-0.05, 0) is 84.1 Å². The van der Waals surface area contributed by atoms with Crippen LogP contribution in [0.15, 0.2) is 65.7 Å². The van der Waals surface area contributed by atoms with Gasteiger partial charge in [-0.15, -0.1) is 11.3 Å². The van der Waals surface area contributed by atoms with E-state index in [1.807, 2.05) is 57.2 Å². The molecule has 44 heavy (non-hydrogen) atoms. The van der Waals surface area contributed by atoms with Crippen molar-refractivity contribution in [3.05, 3.63) is 71.4 Å². The first-order chi connectivity index (χ1) is 20.5. The Hall–Kier alpha value is -3.74. The van der Waals surface area contributed by atoms with Gasteiger partial charge in [0.1, 0.15) is 5.01 Å². The lowest BCUT2D eigenvalue weighted by Gasteiger charge is -2.40. The zero-order chi connectivity index (χ0) is 32.3. The van der Waals surface area contributed by atoms with Gasteiger partial charge < -0.3 is 20.6 Å². The third-order valence-corrected chi connectivity index (χ3v) is 9.89. The molecule has 2 aromatic carbocycles. The Balaban J connectivity index is 1.59. The summed E-state index contributed by atoms with van der Waals surface area (Å²) in [7, 11) is -3.98. The molecule has 3 amide bonds. The predicted molar refractivity (Wildman–Crippen MR) is 175 cm³/mol. The molecule has 0 spiro atoms. The van der Waals surface area contributed by atoms with E-state index in [0.717, 1.165) is 16.1 Å². The molecule has 0 radical (unpaired) electrons. The number of carbonyl (C=O) groups excluding carboxylic acids is 1. The molecule has 12 heteroatoms. The number of anilines is 1. The van der Waals surface area contributed by atoms with Crippen LogP contribution in [-0.4, -0.2) is 52.7 Å². The third-order valence-electron chi connectivity index (χ3n) is 6.99. The number of allylic oxidation sites excluding steroid dienone is 1. The summed E-state index contributed by atoms with van der Waals surface area (Å²) in [5.74, 6) is 0. The van der Waals surface area contributed by atoms with E-state index < -0.39 is 33.2 Å². The van der Waals surface area contributed by atoms with Crippen molar-refractivity contribution >= 4 is 44.7 Å². The fraction of sp³-hybridized carbons (Fsp3) is 0.406. The zero-order valence-electron chi connectivity index (χ0n) is 26.0. The van der Waals surface area contributed by atoms with Crippen LogP contribution in [0.4, 0.5) is 15.3 Å². The number of hydrogen-bond donors (Lipinski definition) is 4. The number of carbonyl (C=O) groups is 2. The van der Waals surface area contributed by atoms with Gasteiger partial charge >= 0.3 is 12.1 Å². The lowest BCUT2D eigenvalue weighted by atomic mass is 9.91. The van der Waals surface area contributed by atoms with E-state index in [9.17, 15) is 23.1 Å². The van der Waals surface area contributed by atoms with Crippen molar-refractivity contribution in [1.82, 2.24) is 19.9 Å². The summed E-state index contributed by atoms with van der Waals surface area (Å²) in [6.45, 7) is 11.3. The minimum atomic E-state index is -3.98. The first-order valence-corrected chi connectivity index (χ1v) is 16.8. The van der Waals surface area contributed by atoms with E-state index in [0.29, 0.717) is 41.9 Å². The molecule has 0 bridgehead atoms. The normalized spacial score (nSPS) is 15.8. The van der Waals surface area contributed by atoms with Gasteiger partial charge in [-0.1, -0.05) is 42.5 Å². The first kappa shape index (κ1) is 33.2. The van der Waals surface area contributed by atoms with Crippen LogP contribution in [0.2, 0.25) is 0 Å². The Bertz CT molecular complexity index is 1640. The predicted octanol–water partition coefficient (Wildman–Crippen LogP) is 6.92. The number of benzene rings is 2. The number of amides is 3. The topological polar surface area (TPSA) is 141 Å². The summed E-state index contributed by atoms with van der Waals surface area (Å²) >= 11 is 1.39. The minimum Gasteiger partial charge on any atom is -0.465 e. The van der Waals surface area contributed by atoms with Crippen molar-refractivity contribution in [2.75, 3.05) is 5.32 Å². The summed E-state index contributed by atoms with van der Waals surface area (Å²) in [6, 6.07) is 13.7. The molecular weight excluding hydrogens is 599 g/mol. The second-order valence-corrected chi connectivity index (χ2v) is 15.6. The number of rotatable bonds is 8. The fourth-order valence-corrected chi connectivity index (χ4v) is 7.98. The molecule has 3 aromatic rings. The number of hydrogen-bond acceptors (Lipinski definition) is 6. The van der Waals surface area contributed by atoms with Gasteiger partial charge in [0.2, 0.25) is 10.0 Å². The SMILES string of the molecule is CC(C)(C)NS(=O)(=O)c1cc(NC(=O)NCc2ccccc2)ccc1-c1cnc(C2=CCC(N(C(=O)O)C(C)(C)C)CC2)s1. The van der Waals surface area contributed by atoms with Crippen molar-refractivity contribution in [1.29, 1.82) is 0 Å². The van der Waals surface area contributed by atoms with Crippen molar-refractivity contribution in [3.63, 3.8) is 0 Å². The van der Waals surface area contributed by atoms with Crippen molar-refractivity contribution in [2.45, 2.75) is 89.4 Å². The van der Waals surface area contributed by atoms with Crippen molar-refractivity contribution in [3.8, 4) is 10.4 Å². The smallest absolute Gasteiger partial charge is 0.407 e. The quantitative estimate of drug-likeness (QED) is 0.211. The summed E-state index contributed by atoms with van der Waals surface area (Å²) in [5, 5.41) is 16.1. The summed E-state index contributed by atoms with van der Waals surface area (Å²) < 4.78 is 30.0. The van der Waals surface area contributed by atoms with Crippen LogP contribution in [0.5, 0.6) is 0 Å². The van der Waals surface area contributed by atoms with Gasteiger partial charge in [-0.2, -0.15) is 0 Å². The highest BCUT2D eigenvalue weighted by Gasteiger charge is 2.34. The molecule has 0 saturated carbocycles. The van der Waals surface area contributed by atoms with Crippen LogP contribution in [0.25, 0.3) is 16.0 Å².